The van der Waals surface area contributed by atoms with Gasteiger partial charge in [-0.2, -0.15) is 0 Å². The van der Waals surface area contributed by atoms with E-state index in [0.29, 0.717) is 25.3 Å². The van der Waals surface area contributed by atoms with Crippen LogP contribution in [0.15, 0.2) is 72.9 Å². The van der Waals surface area contributed by atoms with E-state index < -0.39 is 0 Å². The molecule has 2 N–H and O–H groups in total. The van der Waals surface area contributed by atoms with E-state index in [1.807, 2.05) is 78.2 Å². The Morgan fingerprint density at radius 2 is 1.83 bits per heavy atom. The molecule has 2 amide bonds. The number of pyridine rings is 1. The number of hydrogen-bond acceptors (Lipinski definition) is 4. The maximum atomic E-state index is 12.2. The highest BCUT2D eigenvalue weighted by atomic mass is 16.5. The van der Waals surface area contributed by atoms with Crippen molar-refractivity contribution in [1.29, 1.82) is 0 Å². The number of fused-ring (bicyclic) bond motifs is 1. The van der Waals surface area contributed by atoms with E-state index in [1.54, 1.807) is 6.20 Å². The summed E-state index contributed by atoms with van der Waals surface area (Å²) in [6.07, 6.45) is 2.33. The van der Waals surface area contributed by atoms with E-state index in [1.165, 1.54) is 0 Å². The number of nitrogens with one attached hydrogen (secondary N) is 2. The second kappa shape index (κ2) is 9.09. The number of carbonyl (C=O) groups excluding carboxylic acids is 1. The smallest absolute Gasteiger partial charge is 0.319 e. The normalized spacial score (nSPS) is 10.7. The maximum Gasteiger partial charge on any atom is 0.319 e. The number of imidazole rings is 1. The number of ether oxygens (including phenoxy) is 1. The molecular weight excluding hydrogens is 378 g/mol. The minimum absolute atomic E-state index is 0.264. The van der Waals surface area contributed by atoms with E-state index in [4.69, 9.17) is 9.72 Å². The Kier molecular flexibility index (Phi) is 5.89. The monoisotopic (exact) mass is 401 g/mol. The van der Waals surface area contributed by atoms with Crippen LogP contribution in [0.2, 0.25) is 0 Å². The van der Waals surface area contributed by atoms with Crippen LogP contribution in [0.1, 0.15) is 12.7 Å². The highest BCUT2D eigenvalue weighted by molar-refractivity contribution is 5.89. The molecule has 7 heteroatoms. The fraction of sp³-hybridized carbons (Fsp3) is 0.174. The van der Waals surface area contributed by atoms with Crippen LogP contribution in [0, 0.1) is 0 Å². The van der Waals surface area contributed by atoms with Crippen LogP contribution in [0.3, 0.4) is 0 Å². The molecule has 4 rings (SSSR count). The first-order valence-corrected chi connectivity index (χ1v) is 9.90. The van der Waals surface area contributed by atoms with Gasteiger partial charge >= 0.3 is 6.03 Å². The molecule has 0 unspecified atom stereocenters. The highest BCUT2D eigenvalue weighted by Gasteiger charge is 2.13. The number of rotatable bonds is 7. The van der Waals surface area contributed by atoms with Gasteiger partial charge in [0.1, 0.15) is 17.1 Å². The van der Waals surface area contributed by atoms with E-state index in [0.717, 1.165) is 28.4 Å². The minimum atomic E-state index is -0.264. The topological polar surface area (TPSA) is 81.1 Å². The van der Waals surface area contributed by atoms with Crippen LogP contribution in [0.25, 0.3) is 16.9 Å². The summed E-state index contributed by atoms with van der Waals surface area (Å²) in [5, 5.41) is 5.71. The van der Waals surface area contributed by atoms with Gasteiger partial charge in [-0.25, -0.2) is 14.8 Å². The van der Waals surface area contributed by atoms with Crippen LogP contribution in [-0.4, -0.2) is 33.7 Å². The Balaban J connectivity index is 1.42. The molecule has 2 heterocycles. The molecule has 152 valence electrons. The largest absolute Gasteiger partial charge is 0.494 e. The van der Waals surface area contributed by atoms with Gasteiger partial charge in [-0.05, 0) is 55.5 Å². The number of anilines is 1. The molecule has 0 aliphatic rings. The van der Waals surface area contributed by atoms with E-state index in [2.05, 4.69) is 15.6 Å². The molecule has 0 fully saturated rings. The van der Waals surface area contributed by atoms with Crippen molar-refractivity contribution in [2.45, 2.75) is 13.3 Å². The van der Waals surface area contributed by atoms with Crippen LogP contribution in [0.4, 0.5) is 10.5 Å². The molecule has 0 bridgehead atoms. The van der Waals surface area contributed by atoms with Crippen molar-refractivity contribution in [2.75, 3.05) is 18.5 Å². The van der Waals surface area contributed by atoms with Gasteiger partial charge in [-0.3, -0.25) is 4.57 Å². The molecule has 2 aromatic heterocycles. The summed E-state index contributed by atoms with van der Waals surface area (Å²) in [5.41, 5.74) is 3.33. The SMILES string of the molecule is CCOc1ccc(NC(=O)NCCc2nc3cccnc3n2-c2ccccc2)cc1. The third kappa shape index (κ3) is 4.41. The lowest BCUT2D eigenvalue weighted by Crippen LogP contribution is -2.30. The molecule has 0 saturated carbocycles. The molecule has 0 aliphatic heterocycles. The second-order valence-corrected chi connectivity index (χ2v) is 6.63. The summed E-state index contributed by atoms with van der Waals surface area (Å²) in [5.74, 6) is 1.62. The first kappa shape index (κ1) is 19.4. The van der Waals surface area contributed by atoms with E-state index >= 15 is 0 Å². The fourth-order valence-corrected chi connectivity index (χ4v) is 3.24. The number of aromatic nitrogens is 3. The van der Waals surface area contributed by atoms with Crippen molar-refractivity contribution >= 4 is 22.9 Å². The van der Waals surface area contributed by atoms with Crippen molar-refractivity contribution in [3.05, 3.63) is 78.8 Å². The Bertz CT molecular complexity index is 1120. The van der Waals surface area contributed by atoms with Gasteiger partial charge in [0, 0.05) is 30.5 Å². The van der Waals surface area contributed by atoms with Gasteiger partial charge in [-0.15, -0.1) is 0 Å². The Morgan fingerprint density at radius 3 is 2.60 bits per heavy atom. The zero-order valence-corrected chi connectivity index (χ0v) is 16.7. The Hall–Kier alpha value is -3.87. The van der Waals surface area contributed by atoms with Crippen molar-refractivity contribution in [1.82, 2.24) is 19.9 Å². The third-order valence-electron chi connectivity index (χ3n) is 4.56. The first-order chi connectivity index (χ1) is 14.7. The standard InChI is InChI=1S/C23H23N5O2/c1-2-30-19-12-10-17(11-13-19)26-23(29)25-16-14-21-27-20-9-6-15-24-22(20)28(21)18-7-4-3-5-8-18/h3-13,15H,2,14,16H2,1H3,(H2,25,26,29). The predicted octanol–water partition coefficient (Wildman–Crippen LogP) is 4.18. The summed E-state index contributed by atoms with van der Waals surface area (Å²) in [7, 11) is 0. The lowest BCUT2D eigenvalue weighted by atomic mass is 10.3. The molecule has 30 heavy (non-hydrogen) atoms. The number of benzene rings is 2. The molecule has 2 aromatic carbocycles. The van der Waals surface area contributed by atoms with Gasteiger partial charge in [0.2, 0.25) is 0 Å². The predicted molar refractivity (Wildman–Crippen MR) is 117 cm³/mol. The molecule has 0 saturated heterocycles. The van der Waals surface area contributed by atoms with Gasteiger partial charge in [-0.1, -0.05) is 18.2 Å². The summed E-state index contributed by atoms with van der Waals surface area (Å²) < 4.78 is 7.44. The van der Waals surface area contributed by atoms with Gasteiger partial charge in [0.05, 0.1) is 6.61 Å². The summed E-state index contributed by atoms with van der Waals surface area (Å²) >= 11 is 0. The van der Waals surface area contributed by atoms with Crippen molar-refractivity contribution in [3.8, 4) is 11.4 Å². The number of amides is 2. The van der Waals surface area contributed by atoms with Crippen LogP contribution < -0.4 is 15.4 Å². The number of nitrogens with zero attached hydrogens (tertiary/aromatic N) is 3. The van der Waals surface area contributed by atoms with E-state index in [-0.39, 0.29) is 6.03 Å². The van der Waals surface area contributed by atoms with Crippen molar-refractivity contribution < 1.29 is 9.53 Å². The highest BCUT2D eigenvalue weighted by Crippen LogP contribution is 2.20. The summed E-state index contributed by atoms with van der Waals surface area (Å²) in [6.45, 7) is 2.98. The first-order valence-electron chi connectivity index (χ1n) is 9.90. The average Bonchev–Trinajstić information content (AvgIpc) is 3.14. The van der Waals surface area contributed by atoms with Gasteiger partial charge in [0.15, 0.2) is 5.65 Å². The molecular formula is C23H23N5O2. The average molecular weight is 401 g/mol. The summed E-state index contributed by atoms with van der Waals surface area (Å²) in [4.78, 5) is 21.4. The van der Waals surface area contributed by atoms with Crippen LogP contribution in [0.5, 0.6) is 5.75 Å². The molecule has 0 radical (unpaired) electrons. The third-order valence-corrected chi connectivity index (χ3v) is 4.56. The number of carbonyl (C=O) groups is 1. The zero-order valence-electron chi connectivity index (χ0n) is 16.7. The molecule has 4 aromatic rings. The number of urea groups is 1. The maximum absolute atomic E-state index is 12.2. The Morgan fingerprint density at radius 1 is 1.03 bits per heavy atom. The molecule has 0 aliphatic carbocycles. The second-order valence-electron chi connectivity index (χ2n) is 6.63. The van der Waals surface area contributed by atoms with Gasteiger partial charge < -0.3 is 15.4 Å². The lowest BCUT2D eigenvalue weighted by Gasteiger charge is -2.10. The minimum Gasteiger partial charge on any atom is -0.494 e. The number of para-hydroxylation sites is 1. The fourth-order valence-electron chi connectivity index (χ4n) is 3.24. The van der Waals surface area contributed by atoms with Crippen LogP contribution >= 0.6 is 0 Å². The quantitative estimate of drug-likeness (QED) is 0.487. The van der Waals surface area contributed by atoms with E-state index in [9.17, 15) is 4.79 Å². The number of hydrogen-bond donors (Lipinski definition) is 2. The van der Waals surface area contributed by atoms with Crippen LogP contribution in [-0.2, 0) is 6.42 Å². The zero-order chi connectivity index (χ0) is 20.8. The lowest BCUT2D eigenvalue weighted by molar-refractivity contribution is 0.252. The van der Waals surface area contributed by atoms with Crippen molar-refractivity contribution in [3.63, 3.8) is 0 Å². The Labute approximate surface area is 174 Å². The molecule has 0 atom stereocenters. The summed E-state index contributed by atoms with van der Waals surface area (Å²) in [6, 6.07) is 20.8. The molecule has 0 spiro atoms. The van der Waals surface area contributed by atoms with Crippen molar-refractivity contribution in [2.24, 2.45) is 0 Å². The molecule has 7 nitrogen and oxygen atoms in total. The van der Waals surface area contributed by atoms with Gasteiger partial charge in [0.25, 0.3) is 0 Å².